The quantitative estimate of drug-likeness (QED) is 0.659. The molecular weight excluding hydrogens is 394 g/mol. The minimum Gasteiger partial charge on any atom is -0.213 e. The molecule has 1 unspecified atom stereocenters. The highest BCUT2D eigenvalue weighted by Gasteiger charge is 2.30. The van der Waals surface area contributed by atoms with Crippen molar-refractivity contribution in [2.45, 2.75) is 25.2 Å². The molecule has 0 radical (unpaired) electrons. The summed E-state index contributed by atoms with van der Waals surface area (Å²) in [7, 11) is -3.19. The number of hydrogen-bond acceptors (Lipinski definition) is 6. The van der Waals surface area contributed by atoms with Gasteiger partial charge in [-0.3, -0.25) is 0 Å². The standard InChI is InChI=1S/C16H18ClN5O2S2/c1-26(23,24)21-8-2-3-12(10-21)15-18-19-16-22(15)20-14(25-16)9-11-4-6-13(17)7-5-11/h4-7,12H,2-3,8-10H2,1H3. The molecule has 1 aliphatic rings. The van der Waals surface area contributed by atoms with Crippen LogP contribution in [-0.4, -0.2) is 51.9 Å². The van der Waals surface area contributed by atoms with Gasteiger partial charge in [-0.1, -0.05) is 35.1 Å². The van der Waals surface area contributed by atoms with Crippen LogP contribution < -0.4 is 0 Å². The number of halogens is 1. The van der Waals surface area contributed by atoms with Crippen LogP contribution in [0.1, 0.15) is 35.2 Å². The molecule has 26 heavy (non-hydrogen) atoms. The summed E-state index contributed by atoms with van der Waals surface area (Å²) >= 11 is 7.43. The van der Waals surface area contributed by atoms with Crippen LogP contribution in [0, 0.1) is 0 Å². The lowest BCUT2D eigenvalue weighted by molar-refractivity contribution is 0.309. The van der Waals surface area contributed by atoms with E-state index in [0.29, 0.717) is 24.5 Å². The second kappa shape index (κ2) is 6.88. The first-order chi connectivity index (χ1) is 12.4. The van der Waals surface area contributed by atoms with Gasteiger partial charge in [0.25, 0.3) is 0 Å². The summed E-state index contributed by atoms with van der Waals surface area (Å²) in [6, 6.07) is 7.70. The van der Waals surface area contributed by atoms with Gasteiger partial charge in [0.15, 0.2) is 5.82 Å². The van der Waals surface area contributed by atoms with Gasteiger partial charge < -0.3 is 0 Å². The van der Waals surface area contributed by atoms with Crippen LogP contribution in [0.4, 0.5) is 0 Å². The van der Waals surface area contributed by atoms with Crippen LogP contribution in [0.25, 0.3) is 4.96 Å². The zero-order chi connectivity index (χ0) is 18.3. The Kier molecular flexibility index (Phi) is 4.72. The molecule has 0 aliphatic carbocycles. The zero-order valence-electron chi connectivity index (χ0n) is 14.2. The zero-order valence-corrected chi connectivity index (χ0v) is 16.6. The van der Waals surface area contributed by atoms with Gasteiger partial charge in [0, 0.05) is 30.5 Å². The first kappa shape index (κ1) is 17.8. The van der Waals surface area contributed by atoms with Gasteiger partial charge in [-0.15, -0.1) is 10.2 Å². The van der Waals surface area contributed by atoms with Crippen molar-refractivity contribution in [3.63, 3.8) is 0 Å². The van der Waals surface area contributed by atoms with Crippen LogP contribution in [0.5, 0.6) is 0 Å². The molecule has 1 aliphatic heterocycles. The van der Waals surface area contributed by atoms with Gasteiger partial charge in [-0.05, 0) is 30.5 Å². The number of nitrogens with zero attached hydrogens (tertiary/aromatic N) is 5. The van der Waals surface area contributed by atoms with E-state index in [0.717, 1.165) is 34.2 Å². The average molecular weight is 412 g/mol. The molecule has 2 aromatic heterocycles. The van der Waals surface area contributed by atoms with Gasteiger partial charge in [-0.2, -0.15) is 9.61 Å². The lowest BCUT2D eigenvalue weighted by Crippen LogP contribution is -2.38. The number of benzene rings is 1. The largest absolute Gasteiger partial charge is 0.234 e. The van der Waals surface area contributed by atoms with Gasteiger partial charge in [-0.25, -0.2) is 12.7 Å². The molecule has 7 nitrogen and oxygen atoms in total. The summed E-state index contributed by atoms with van der Waals surface area (Å²) in [4.78, 5) is 0.737. The van der Waals surface area contributed by atoms with Crippen molar-refractivity contribution in [3.05, 3.63) is 45.7 Å². The molecule has 1 saturated heterocycles. The van der Waals surface area contributed by atoms with Gasteiger partial charge in [0.05, 0.1) is 6.26 Å². The summed E-state index contributed by atoms with van der Waals surface area (Å²) in [5.41, 5.74) is 1.13. The molecule has 1 aromatic carbocycles. The minimum absolute atomic E-state index is 0.0129. The highest BCUT2D eigenvalue weighted by molar-refractivity contribution is 7.88. The van der Waals surface area contributed by atoms with Crippen LogP contribution in [0.15, 0.2) is 24.3 Å². The Morgan fingerprint density at radius 3 is 2.77 bits per heavy atom. The van der Waals surface area contributed by atoms with E-state index in [2.05, 4.69) is 15.3 Å². The molecule has 1 fully saturated rings. The summed E-state index contributed by atoms with van der Waals surface area (Å²) in [5.74, 6) is 0.755. The third kappa shape index (κ3) is 3.62. The smallest absolute Gasteiger partial charge is 0.213 e. The van der Waals surface area contributed by atoms with E-state index in [1.807, 2.05) is 24.3 Å². The molecule has 3 aromatic rings. The Labute approximate surface area is 160 Å². The van der Waals surface area contributed by atoms with E-state index in [9.17, 15) is 8.42 Å². The maximum atomic E-state index is 11.9. The van der Waals surface area contributed by atoms with Crippen LogP contribution >= 0.6 is 22.9 Å². The molecule has 1 atom stereocenters. The number of aromatic nitrogens is 4. The van der Waals surface area contributed by atoms with E-state index in [4.69, 9.17) is 11.6 Å². The Morgan fingerprint density at radius 2 is 2.04 bits per heavy atom. The molecule has 10 heteroatoms. The Morgan fingerprint density at radius 1 is 1.27 bits per heavy atom. The lowest BCUT2D eigenvalue weighted by Gasteiger charge is -2.29. The molecule has 138 valence electrons. The van der Waals surface area contributed by atoms with Crippen molar-refractivity contribution in [1.29, 1.82) is 0 Å². The predicted molar refractivity (Wildman–Crippen MR) is 101 cm³/mol. The number of fused-ring (bicyclic) bond motifs is 1. The normalized spacial score (nSPS) is 19.2. The fourth-order valence-corrected chi connectivity index (χ4v) is 5.14. The SMILES string of the molecule is CS(=O)(=O)N1CCCC(c2nnc3sc(Cc4ccc(Cl)cc4)nn23)C1. The Balaban J connectivity index is 1.59. The molecule has 3 heterocycles. The summed E-state index contributed by atoms with van der Waals surface area (Å²) in [6.45, 7) is 1.000. The molecule has 0 amide bonds. The van der Waals surface area contributed by atoms with E-state index in [-0.39, 0.29) is 5.92 Å². The monoisotopic (exact) mass is 411 g/mol. The molecule has 4 rings (SSSR count). The van der Waals surface area contributed by atoms with Crippen molar-refractivity contribution in [1.82, 2.24) is 24.1 Å². The van der Waals surface area contributed by atoms with Crippen LogP contribution in [-0.2, 0) is 16.4 Å². The van der Waals surface area contributed by atoms with Crippen molar-refractivity contribution >= 4 is 37.9 Å². The first-order valence-corrected chi connectivity index (χ1v) is 11.3. The molecule has 0 N–H and O–H groups in total. The van der Waals surface area contributed by atoms with Gasteiger partial charge >= 0.3 is 0 Å². The van der Waals surface area contributed by atoms with Gasteiger partial charge in [0.1, 0.15) is 5.01 Å². The predicted octanol–water partition coefficient (Wildman–Crippen LogP) is 2.57. The molecule has 0 spiro atoms. The number of rotatable bonds is 4. The average Bonchev–Trinajstić information content (AvgIpc) is 3.16. The second-order valence-electron chi connectivity index (χ2n) is 6.51. The van der Waals surface area contributed by atoms with E-state index in [1.54, 1.807) is 4.52 Å². The van der Waals surface area contributed by atoms with Crippen molar-refractivity contribution < 1.29 is 8.42 Å². The van der Waals surface area contributed by atoms with E-state index in [1.165, 1.54) is 21.9 Å². The number of sulfonamides is 1. The third-order valence-corrected chi connectivity index (χ3v) is 6.96. The Bertz CT molecular complexity index is 1030. The second-order valence-corrected chi connectivity index (χ2v) is 9.97. The Hall–Kier alpha value is -1.55. The maximum absolute atomic E-state index is 11.9. The van der Waals surface area contributed by atoms with E-state index >= 15 is 0 Å². The van der Waals surface area contributed by atoms with Crippen molar-refractivity contribution in [3.8, 4) is 0 Å². The molecule has 0 saturated carbocycles. The lowest BCUT2D eigenvalue weighted by atomic mass is 9.99. The van der Waals surface area contributed by atoms with Crippen LogP contribution in [0.2, 0.25) is 5.02 Å². The third-order valence-electron chi connectivity index (χ3n) is 4.54. The maximum Gasteiger partial charge on any atom is 0.234 e. The first-order valence-electron chi connectivity index (χ1n) is 8.31. The highest BCUT2D eigenvalue weighted by Crippen LogP contribution is 2.28. The van der Waals surface area contributed by atoms with Gasteiger partial charge in [0.2, 0.25) is 15.0 Å². The summed E-state index contributed by atoms with van der Waals surface area (Å²) in [5, 5.41) is 14.8. The fourth-order valence-electron chi connectivity index (χ4n) is 3.23. The minimum atomic E-state index is -3.19. The van der Waals surface area contributed by atoms with E-state index < -0.39 is 10.0 Å². The number of piperidine rings is 1. The molecular formula is C16H18ClN5O2S2. The number of hydrogen-bond donors (Lipinski definition) is 0. The molecule has 0 bridgehead atoms. The summed E-state index contributed by atoms with van der Waals surface area (Å²) in [6.07, 6.45) is 3.65. The topological polar surface area (TPSA) is 80.5 Å². The summed E-state index contributed by atoms with van der Waals surface area (Å²) < 4.78 is 27.0. The van der Waals surface area contributed by atoms with Crippen LogP contribution in [0.3, 0.4) is 0 Å². The van der Waals surface area contributed by atoms with Crippen molar-refractivity contribution in [2.75, 3.05) is 19.3 Å². The van der Waals surface area contributed by atoms with Crippen molar-refractivity contribution in [2.24, 2.45) is 0 Å². The highest BCUT2D eigenvalue weighted by atomic mass is 35.5. The fraction of sp³-hybridized carbons (Fsp3) is 0.438.